The van der Waals surface area contributed by atoms with Gasteiger partial charge in [0.25, 0.3) is 10.0 Å². The van der Waals surface area contributed by atoms with Crippen molar-refractivity contribution in [2.24, 2.45) is 5.92 Å². The topological polar surface area (TPSA) is 62.3 Å². The Morgan fingerprint density at radius 3 is 2.75 bits per heavy atom. The number of hydrogen-bond donors (Lipinski definition) is 1. The van der Waals surface area contributed by atoms with Crippen molar-refractivity contribution < 1.29 is 12.8 Å². The summed E-state index contributed by atoms with van der Waals surface area (Å²) in [6, 6.07) is 2.47. The van der Waals surface area contributed by atoms with Gasteiger partial charge in [-0.3, -0.25) is 0 Å². The van der Waals surface area contributed by atoms with E-state index in [1.807, 2.05) is 0 Å². The first-order chi connectivity index (χ1) is 9.53. The molecule has 2 heterocycles. The van der Waals surface area contributed by atoms with Gasteiger partial charge in [-0.1, -0.05) is 6.92 Å². The van der Waals surface area contributed by atoms with Crippen molar-refractivity contribution in [2.75, 3.05) is 26.2 Å². The number of piperidine rings is 1. The van der Waals surface area contributed by atoms with Crippen molar-refractivity contribution in [3.05, 3.63) is 24.1 Å². The van der Waals surface area contributed by atoms with Crippen molar-refractivity contribution >= 4 is 10.0 Å². The number of halogens is 1. The average molecular weight is 301 g/mol. The quantitative estimate of drug-likeness (QED) is 0.888. The van der Waals surface area contributed by atoms with E-state index < -0.39 is 20.9 Å². The van der Waals surface area contributed by atoms with Crippen molar-refractivity contribution in [3.8, 4) is 0 Å². The number of likely N-dealkylation sites (tertiary alicyclic amines) is 1. The molecule has 0 aromatic carbocycles. The van der Waals surface area contributed by atoms with Gasteiger partial charge in [0.2, 0.25) is 5.03 Å². The van der Waals surface area contributed by atoms with Gasteiger partial charge in [0.15, 0.2) is 5.82 Å². The van der Waals surface area contributed by atoms with Gasteiger partial charge in [0.1, 0.15) is 0 Å². The van der Waals surface area contributed by atoms with Crippen LogP contribution < -0.4 is 4.72 Å². The maximum Gasteiger partial charge on any atom is 0.261 e. The van der Waals surface area contributed by atoms with E-state index in [0.717, 1.165) is 38.5 Å². The molecule has 1 aromatic rings. The molecule has 1 fully saturated rings. The van der Waals surface area contributed by atoms with Crippen molar-refractivity contribution in [3.63, 3.8) is 0 Å². The fourth-order valence-corrected chi connectivity index (χ4v) is 3.49. The standard InChI is InChI=1S/C13H20FN3O2S/c1-2-17-8-5-11(6-9-17)10-16-20(18,19)13-12(14)4-3-7-15-13/h3-4,7,11,16H,2,5-6,8-10H2,1H3. The normalized spacial score (nSPS) is 18.3. The average Bonchev–Trinajstić information content (AvgIpc) is 2.46. The summed E-state index contributed by atoms with van der Waals surface area (Å²) in [5.41, 5.74) is 0. The van der Waals surface area contributed by atoms with Gasteiger partial charge in [-0.15, -0.1) is 0 Å². The maximum atomic E-state index is 13.5. The minimum absolute atomic E-state index is 0.305. The summed E-state index contributed by atoms with van der Waals surface area (Å²) in [4.78, 5) is 5.94. The fourth-order valence-electron chi connectivity index (χ4n) is 2.37. The number of rotatable bonds is 5. The second-order valence-electron chi connectivity index (χ2n) is 5.02. The van der Waals surface area contributed by atoms with Gasteiger partial charge in [-0.05, 0) is 50.5 Å². The molecule has 5 nitrogen and oxygen atoms in total. The number of sulfonamides is 1. The second-order valence-corrected chi connectivity index (χ2v) is 6.70. The van der Waals surface area contributed by atoms with E-state index in [9.17, 15) is 12.8 Å². The summed E-state index contributed by atoms with van der Waals surface area (Å²) in [5, 5.41) is -0.522. The molecule has 0 aliphatic carbocycles. The second kappa shape index (κ2) is 6.60. The smallest absolute Gasteiger partial charge is 0.261 e. The lowest BCUT2D eigenvalue weighted by Gasteiger charge is -2.30. The van der Waals surface area contributed by atoms with Crippen LogP contribution >= 0.6 is 0 Å². The molecule has 7 heteroatoms. The zero-order valence-electron chi connectivity index (χ0n) is 11.5. The Hall–Kier alpha value is -1.05. The van der Waals surface area contributed by atoms with E-state index in [0.29, 0.717) is 12.5 Å². The molecule has 1 aliphatic heterocycles. The number of pyridine rings is 1. The monoisotopic (exact) mass is 301 g/mol. The molecule has 0 unspecified atom stereocenters. The van der Waals surface area contributed by atoms with Crippen LogP contribution in [0.25, 0.3) is 0 Å². The lowest BCUT2D eigenvalue weighted by Crippen LogP contribution is -2.38. The van der Waals surface area contributed by atoms with Crippen molar-refractivity contribution in [1.82, 2.24) is 14.6 Å². The third-order valence-electron chi connectivity index (χ3n) is 3.70. The number of hydrogen-bond acceptors (Lipinski definition) is 4. The summed E-state index contributed by atoms with van der Waals surface area (Å²) in [6.45, 7) is 5.46. The molecule has 1 aromatic heterocycles. The SMILES string of the molecule is CCN1CCC(CNS(=O)(=O)c2ncccc2F)CC1. The zero-order chi connectivity index (χ0) is 14.6. The molecule has 1 N–H and O–H groups in total. The molecule has 0 radical (unpaired) electrons. The van der Waals surface area contributed by atoms with E-state index in [-0.39, 0.29) is 0 Å². The summed E-state index contributed by atoms with van der Waals surface area (Å²) in [5.74, 6) is -0.514. The first-order valence-electron chi connectivity index (χ1n) is 6.85. The summed E-state index contributed by atoms with van der Waals surface area (Å²) < 4.78 is 39.9. The minimum atomic E-state index is -3.86. The molecule has 0 saturated carbocycles. The molecular formula is C13H20FN3O2S. The fraction of sp³-hybridized carbons (Fsp3) is 0.615. The van der Waals surface area contributed by atoms with Crippen LogP contribution in [0.15, 0.2) is 23.4 Å². The highest BCUT2D eigenvalue weighted by Gasteiger charge is 2.23. The number of aromatic nitrogens is 1. The van der Waals surface area contributed by atoms with Crippen molar-refractivity contribution in [2.45, 2.75) is 24.8 Å². The van der Waals surface area contributed by atoms with Crippen LogP contribution in [0.3, 0.4) is 0 Å². The lowest BCUT2D eigenvalue weighted by molar-refractivity contribution is 0.193. The predicted octanol–water partition coefficient (Wildman–Crippen LogP) is 1.23. The molecule has 0 bridgehead atoms. The summed E-state index contributed by atoms with van der Waals surface area (Å²) >= 11 is 0. The third kappa shape index (κ3) is 3.74. The molecule has 20 heavy (non-hydrogen) atoms. The highest BCUT2D eigenvalue weighted by atomic mass is 32.2. The van der Waals surface area contributed by atoms with Crippen LogP contribution in [0.1, 0.15) is 19.8 Å². The van der Waals surface area contributed by atoms with E-state index in [4.69, 9.17) is 0 Å². The maximum absolute atomic E-state index is 13.5. The van der Waals surface area contributed by atoms with E-state index >= 15 is 0 Å². The zero-order valence-corrected chi connectivity index (χ0v) is 12.4. The molecule has 1 aliphatic rings. The summed E-state index contributed by atoms with van der Waals surface area (Å²) in [7, 11) is -3.86. The Kier molecular flexibility index (Phi) is 5.06. The van der Waals surface area contributed by atoms with Crippen LogP contribution in [0.5, 0.6) is 0 Å². The van der Waals surface area contributed by atoms with E-state index in [1.54, 1.807) is 0 Å². The van der Waals surface area contributed by atoms with Gasteiger partial charge < -0.3 is 4.90 Å². The molecule has 1 saturated heterocycles. The van der Waals surface area contributed by atoms with Crippen LogP contribution in [-0.2, 0) is 10.0 Å². The molecular weight excluding hydrogens is 281 g/mol. The van der Waals surface area contributed by atoms with Gasteiger partial charge >= 0.3 is 0 Å². The minimum Gasteiger partial charge on any atom is -0.304 e. The predicted molar refractivity (Wildman–Crippen MR) is 74.2 cm³/mol. The number of nitrogens with zero attached hydrogens (tertiary/aromatic N) is 2. The highest BCUT2D eigenvalue weighted by molar-refractivity contribution is 7.89. The first kappa shape index (κ1) is 15.3. The molecule has 0 amide bonds. The van der Waals surface area contributed by atoms with Gasteiger partial charge in [-0.2, -0.15) is 0 Å². The Labute approximate surface area is 119 Å². The largest absolute Gasteiger partial charge is 0.304 e. The highest BCUT2D eigenvalue weighted by Crippen LogP contribution is 2.17. The Morgan fingerprint density at radius 2 is 2.15 bits per heavy atom. The van der Waals surface area contributed by atoms with Crippen LogP contribution in [-0.4, -0.2) is 44.5 Å². The molecule has 0 atom stereocenters. The van der Waals surface area contributed by atoms with Crippen LogP contribution in [0.4, 0.5) is 4.39 Å². The third-order valence-corrected chi connectivity index (χ3v) is 5.05. The van der Waals surface area contributed by atoms with Crippen LogP contribution in [0.2, 0.25) is 0 Å². The molecule has 112 valence electrons. The van der Waals surface area contributed by atoms with Crippen LogP contribution in [0, 0.1) is 11.7 Å². The van der Waals surface area contributed by atoms with Gasteiger partial charge in [0, 0.05) is 12.7 Å². The molecule has 0 spiro atoms. The lowest BCUT2D eigenvalue weighted by atomic mass is 9.97. The Balaban J connectivity index is 1.92. The van der Waals surface area contributed by atoms with Crippen molar-refractivity contribution in [1.29, 1.82) is 0 Å². The van der Waals surface area contributed by atoms with E-state index in [1.165, 1.54) is 12.3 Å². The first-order valence-corrected chi connectivity index (χ1v) is 8.33. The Bertz CT molecular complexity index is 542. The van der Waals surface area contributed by atoms with Gasteiger partial charge in [0.05, 0.1) is 0 Å². The molecule has 2 rings (SSSR count). The Morgan fingerprint density at radius 1 is 1.45 bits per heavy atom. The van der Waals surface area contributed by atoms with Gasteiger partial charge in [-0.25, -0.2) is 22.5 Å². The van der Waals surface area contributed by atoms with E-state index in [2.05, 4.69) is 21.5 Å². The summed E-state index contributed by atoms with van der Waals surface area (Å²) in [6.07, 6.45) is 3.19. The number of nitrogens with one attached hydrogen (secondary N) is 1.